The molecule has 2 amide bonds. The van der Waals surface area contributed by atoms with Gasteiger partial charge in [0.15, 0.2) is 6.10 Å². The minimum absolute atomic E-state index is 0.0136. The molecule has 120 valence electrons. The van der Waals surface area contributed by atoms with E-state index in [2.05, 4.69) is 5.32 Å². The topological polar surface area (TPSA) is 58.6 Å². The van der Waals surface area contributed by atoms with Crippen molar-refractivity contribution in [3.8, 4) is 5.75 Å². The van der Waals surface area contributed by atoms with Crippen LogP contribution in [0.1, 0.15) is 40.5 Å². The summed E-state index contributed by atoms with van der Waals surface area (Å²) in [5, 5.41) is 2.87. The van der Waals surface area contributed by atoms with Crippen LogP contribution in [0.2, 0.25) is 0 Å². The maximum Gasteiger partial charge on any atom is 0.267 e. The lowest BCUT2D eigenvalue weighted by Crippen LogP contribution is -2.44. The van der Waals surface area contributed by atoms with Gasteiger partial charge in [0.25, 0.3) is 5.91 Å². The van der Waals surface area contributed by atoms with Crippen molar-refractivity contribution in [2.75, 3.05) is 16.8 Å². The standard InChI is InChI=1S/C17H24N2O3/c1-5-8-19-14-7-6-13(18-16(20)9-11(2)3)10-15(14)22-12(4)17(19)21/h6-7,10-12H,5,8-9H2,1-4H3,(H,18,20). The summed E-state index contributed by atoms with van der Waals surface area (Å²) in [6.45, 7) is 8.46. The average Bonchev–Trinajstić information content (AvgIpc) is 2.42. The molecule has 0 radical (unpaired) electrons. The average molecular weight is 304 g/mol. The SMILES string of the molecule is CCCN1C(=O)C(C)Oc2cc(NC(=O)CC(C)C)ccc21. The molecule has 2 rings (SSSR count). The maximum atomic E-state index is 12.2. The quantitative estimate of drug-likeness (QED) is 0.909. The molecule has 0 saturated carbocycles. The lowest BCUT2D eigenvalue weighted by atomic mass is 10.1. The highest BCUT2D eigenvalue weighted by Crippen LogP contribution is 2.36. The van der Waals surface area contributed by atoms with Crippen molar-refractivity contribution in [2.45, 2.75) is 46.6 Å². The molecule has 0 bridgehead atoms. The van der Waals surface area contributed by atoms with E-state index in [0.717, 1.165) is 12.1 Å². The van der Waals surface area contributed by atoms with Crippen molar-refractivity contribution in [1.82, 2.24) is 0 Å². The van der Waals surface area contributed by atoms with E-state index in [1.807, 2.05) is 32.9 Å². The third-order valence-corrected chi connectivity index (χ3v) is 3.49. The molecule has 1 aromatic rings. The summed E-state index contributed by atoms with van der Waals surface area (Å²) in [5.74, 6) is 0.917. The van der Waals surface area contributed by atoms with Gasteiger partial charge in [-0.25, -0.2) is 0 Å². The van der Waals surface area contributed by atoms with E-state index in [1.54, 1.807) is 17.9 Å². The van der Waals surface area contributed by atoms with E-state index in [-0.39, 0.29) is 11.8 Å². The Labute approximate surface area is 131 Å². The minimum Gasteiger partial charge on any atom is -0.479 e. The number of fused-ring (bicyclic) bond motifs is 1. The molecular formula is C17H24N2O3. The molecule has 22 heavy (non-hydrogen) atoms. The molecular weight excluding hydrogens is 280 g/mol. The van der Waals surface area contributed by atoms with Crippen LogP contribution in [0.5, 0.6) is 5.75 Å². The van der Waals surface area contributed by atoms with Crippen molar-refractivity contribution in [3.05, 3.63) is 18.2 Å². The minimum atomic E-state index is -0.499. The summed E-state index contributed by atoms with van der Waals surface area (Å²) >= 11 is 0. The summed E-state index contributed by atoms with van der Waals surface area (Å²) in [7, 11) is 0. The fraction of sp³-hybridized carbons (Fsp3) is 0.529. The Bertz CT molecular complexity index is 569. The van der Waals surface area contributed by atoms with Gasteiger partial charge in [-0.05, 0) is 31.4 Å². The zero-order chi connectivity index (χ0) is 16.3. The van der Waals surface area contributed by atoms with Crippen LogP contribution in [0.4, 0.5) is 11.4 Å². The normalized spacial score (nSPS) is 17.2. The Morgan fingerprint density at radius 2 is 2.14 bits per heavy atom. The van der Waals surface area contributed by atoms with Crippen LogP contribution < -0.4 is 15.0 Å². The summed E-state index contributed by atoms with van der Waals surface area (Å²) in [5.41, 5.74) is 1.47. The van der Waals surface area contributed by atoms with E-state index in [0.29, 0.717) is 30.3 Å². The summed E-state index contributed by atoms with van der Waals surface area (Å²) < 4.78 is 5.68. The van der Waals surface area contributed by atoms with Gasteiger partial charge >= 0.3 is 0 Å². The highest BCUT2D eigenvalue weighted by atomic mass is 16.5. The number of rotatable bonds is 5. The number of benzene rings is 1. The number of hydrogen-bond donors (Lipinski definition) is 1. The molecule has 5 nitrogen and oxygen atoms in total. The maximum absolute atomic E-state index is 12.2. The van der Waals surface area contributed by atoms with Crippen LogP contribution in [-0.4, -0.2) is 24.5 Å². The largest absolute Gasteiger partial charge is 0.479 e. The van der Waals surface area contributed by atoms with Gasteiger partial charge in [0.05, 0.1) is 5.69 Å². The fourth-order valence-corrected chi connectivity index (χ4v) is 2.53. The van der Waals surface area contributed by atoms with E-state index >= 15 is 0 Å². The summed E-state index contributed by atoms with van der Waals surface area (Å²) in [6.07, 6.45) is 0.861. The Morgan fingerprint density at radius 3 is 2.77 bits per heavy atom. The van der Waals surface area contributed by atoms with Gasteiger partial charge in [0.2, 0.25) is 5.91 Å². The Kier molecular flexibility index (Phi) is 5.06. The third kappa shape index (κ3) is 3.59. The molecule has 0 spiro atoms. The van der Waals surface area contributed by atoms with Crippen molar-refractivity contribution in [3.63, 3.8) is 0 Å². The van der Waals surface area contributed by atoms with Crippen molar-refractivity contribution in [2.24, 2.45) is 5.92 Å². The lowest BCUT2D eigenvalue weighted by molar-refractivity contribution is -0.125. The zero-order valence-corrected chi connectivity index (χ0v) is 13.7. The van der Waals surface area contributed by atoms with Gasteiger partial charge in [-0.3, -0.25) is 9.59 Å². The molecule has 5 heteroatoms. The lowest BCUT2D eigenvalue weighted by Gasteiger charge is -2.33. The molecule has 0 aromatic heterocycles. The Balaban J connectivity index is 2.21. The molecule has 0 saturated heterocycles. The van der Waals surface area contributed by atoms with Crippen LogP contribution in [-0.2, 0) is 9.59 Å². The molecule has 1 aliphatic heterocycles. The number of nitrogens with one attached hydrogen (secondary N) is 1. The first-order valence-corrected chi connectivity index (χ1v) is 7.84. The van der Waals surface area contributed by atoms with Crippen molar-refractivity contribution in [1.29, 1.82) is 0 Å². The van der Waals surface area contributed by atoms with Crippen LogP contribution in [0, 0.1) is 5.92 Å². The van der Waals surface area contributed by atoms with Gasteiger partial charge in [0, 0.05) is 24.7 Å². The number of amides is 2. The highest BCUT2D eigenvalue weighted by Gasteiger charge is 2.31. The number of carbonyl (C=O) groups excluding carboxylic acids is 2. The van der Waals surface area contributed by atoms with Gasteiger partial charge < -0.3 is 15.0 Å². The van der Waals surface area contributed by atoms with Crippen molar-refractivity contribution >= 4 is 23.2 Å². The smallest absolute Gasteiger partial charge is 0.267 e. The molecule has 1 heterocycles. The number of ether oxygens (including phenoxy) is 1. The second-order valence-electron chi connectivity index (χ2n) is 6.08. The number of nitrogens with zero attached hydrogens (tertiary/aromatic N) is 1. The molecule has 1 aliphatic rings. The number of anilines is 2. The van der Waals surface area contributed by atoms with E-state index in [9.17, 15) is 9.59 Å². The molecule has 1 N–H and O–H groups in total. The summed E-state index contributed by atoms with van der Waals surface area (Å²) in [6, 6.07) is 5.44. The van der Waals surface area contributed by atoms with Gasteiger partial charge in [0.1, 0.15) is 5.75 Å². The second-order valence-corrected chi connectivity index (χ2v) is 6.08. The van der Waals surface area contributed by atoms with Gasteiger partial charge in [-0.2, -0.15) is 0 Å². The van der Waals surface area contributed by atoms with Crippen LogP contribution >= 0.6 is 0 Å². The van der Waals surface area contributed by atoms with Crippen LogP contribution in [0.25, 0.3) is 0 Å². The fourth-order valence-electron chi connectivity index (χ4n) is 2.53. The van der Waals surface area contributed by atoms with E-state index in [4.69, 9.17) is 4.74 Å². The summed E-state index contributed by atoms with van der Waals surface area (Å²) in [4.78, 5) is 25.8. The van der Waals surface area contributed by atoms with Crippen molar-refractivity contribution < 1.29 is 14.3 Å². The monoisotopic (exact) mass is 304 g/mol. The predicted molar refractivity (Wildman–Crippen MR) is 87.3 cm³/mol. The van der Waals surface area contributed by atoms with Crippen LogP contribution in [0.15, 0.2) is 18.2 Å². The molecule has 0 fully saturated rings. The first kappa shape index (κ1) is 16.3. The Hall–Kier alpha value is -2.04. The molecule has 1 atom stereocenters. The highest BCUT2D eigenvalue weighted by molar-refractivity contribution is 6.00. The Morgan fingerprint density at radius 1 is 1.41 bits per heavy atom. The number of carbonyl (C=O) groups is 2. The first-order valence-electron chi connectivity index (χ1n) is 7.84. The second kappa shape index (κ2) is 6.81. The van der Waals surface area contributed by atoms with E-state index in [1.165, 1.54) is 0 Å². The zero-order valence-electron chi connectivity index (χ0n) is 13.7. The number of hydrogen-bond acceptors (Lipinski definition) is 3. The van der Waals surface area contributed by atoms with Crippen LogP contribution in [0.3, 0.4) is 0 Å². The predicted octanol–water partition coefficient (Wildman–Crippen LogP) is 3.20. The molecule has 1 aromatic carbocycles. The molecule has 1 unspecified atom stereocenters. The van der Waals surface area contributed by atoms with Gasteiger partial charge in [-0.1, -0.05) is 20.8 Å². The first-order chi connectivity index (χ1) is 10.4. The molecule has 0 aliphatic carbocycles. The van der Waals surface area contributed by atoms with Gasteiger partial charge in [-0.15, -0.1) is 0 Å². The van der Waals surface area contributed by atoms with E-state index < -0.39 is 6.10 Å². The third-order valence-electron chi connectivity index (χ3n) is 3.49.